The summed E-state index contributed by atoms with van der Waals surface area (Å²) in [5, 5.41) is 11.4. The number of benzene rings is 2. The van der Waals surface area contributed by atoms with Crippen LogP contribution in [0.15, 0.2) is 67.1 Å². The van der Waals surface area contributed by atoms with Crippen LogP contribution < -0.4 is 5.32 Å². The normalized spacial score (nSPS) is 11.5. The lowest BCUT2D eigenvalue weighted by molar-refractivity contribution is -0.118. The highest BCUT2D eigenvalue weighted by molar-refractivity contribution is 5.98. The lowest BCUT2D eigenvalue weighted by Gasteiger charge is -2.09. The molecule has 0 atom stereocenters. The van der Waals surface area contributed by atoms with Crippen LogP contribution in [0, 0.1) is 18.7 Å². The number of rotatable bonds is 5. The molecule has 0 aliphatic rings. The first-order valence-corrected chi connectivity index (χ1v) is 12.2. The Morgan fingerprint density at radius 2 is 1.82 bits per heavy atom. The lowest BCUT2D eigenvalue weighted by atomic mass is 10.0. The topological polar surface area (TPSA) is 112 Å². The number of hydrogen-bond donors (Lipinski definition) is 3. The van der Waals surface area contributed by atoms with E-state index in [2.05, 4.69) is 30.5 Å². The average molecular weight is 506 g/mol. The third-order valence-corrected chi connectivity index (χ3v) is 6.37. The smallest absolute Gasteiger partial charge is 0.226 e. The third-order valence-electron chi connectivity index (χ3n) is 6.37. The fraction of sp³-hybridized carbons (Fsp3) is 0.138. The molecule has 8 nitrogen and oxygen atoms in total. The zero-order valence-electron chi connectivity index (χ0n) is 21.0. The molecule has 0 radical (unpaired) electrons. The average Bonchev–Trinajstić information content (AvgIpc) is 3.51. The number of hydrogen-bond acceptors (Lipinski definition) is 5. The summed E-state index contributed by atoms with van der Waals surface area (Å²) >= 11 is 0. The minimum Gasteiger partial charge on any atom is -0.336 e. The molecule has 0 unspecified atom stereocenters. The van der Waals surface area contributed by atoms with Gasteiger partial charge in [0.2, 0.25) is 5.91 Å². The monoisotopic (exact) mass is 505 g/mol. The molecule has 2 aromatic carbocycles. The molecule has 4 aromatic heterocycles. The van der Waals surface area contributed by atoms with Gasteiger partial charge in [0, 0.05) is 34.8 Å². The molecule has 0 saturated carbocycles. The zero-order valence-corrected chi connectivity index (χ0v) is 21.0. The summed E-state index contributed by atoms with van der Waals surface area (Å²) in [5.74, 6) is 0.0567. The summed E-state index contributed by atoms with van der Waals surface area (Å²) in [6, 6.07) is 14.5. The van der Waals surface area contributed by atoms with Gasteiger partial charge < -0.3 is 10.3 Å². The Balaban J connectivity index is 1.42. The third kappa shape index (κ3) is 4.28. The number of H-pyrrole nitrogens is 2. The predicted molar refractivity (Wildman–Crippen MR) is 146 cm³/mol. The number of imidazole rings is 1. The van der Waals surface area contributed by atoms with Gasteiger partial charge >= 0.3 is 0 Å². The summed E-state index contributed by atoms with van der Waals surface area (Å²) in [7, 11) is 0. The van der Waals surface area contributed by atoms with Crippen LogP contribution in [0.25, 0.3) is 55.8 Å². The van der Waals surface area contributed by atoms with Crippen molar-refractivity contribution in [3.63, 3.8) is 0 Å². The van der Waals surface area contributed by atoms with E-state index in [4.69, 9.17) is 4.98 Å². The Morgan fingerprint density at radius 3 is 2.63 bits per heavy atom. The molecule has 0 spiro atoms. The first-order valence-electron chi connectivity index (χ1n) is 12.2. The number of pyridine rings is 2. The highest BCUT2D eigenvalue weighted by Gasteiger charge is 2.17. The Labute approximate surface area is 217 Å². The number of aromatic amines is 2. The van der Waals surface area contributed by atoms with Gasteiger partial charge in [-0.3, -0.25) is 19.9 Å². The van der Waals surface area contributed by atoms with Crippen LogP contribution in [0.4, 0.5) is 10.1 Å². The van der Waals surface area contributed by atoms with Gasteiger partial charge in [-0.25, -0.2) is 9.37 Å². The van der Waals surface area contributed by atoms with Crippen LogP contribution in [-0.2, 0) is 4.79 Å². The molecule has 4 heterocycles. The van der Waals surface area contributed by atoms with Crippen LogP contribution in [-0.4, -0.2) is 36.0 Å². The summed E-state index contributed by atoms with van der Waals surface area (Å²) in [4.78, 5) is 29.1. The van der Waals surface area contributed by atoms with Gasteiger partial charge in [-0.15, -0.1) is 0 Å². The molecule has 6 aromatic rings. The van der Waals surface area contributed by atoms with Gasteiger partial charge in [-0.1, -0.05) is 19.9 Å². The number of nitrogens with zero attached hydrogens (tertiary/aromatic N) is 4. The van der Waals surface area contributed by atoms with Crippen LogP contribution in [0.1, 0.15) is 19.4 Å². The summed E-state index contributed by atoms with van der Waals surface area (Å²) in [6.45, 7) is 5.54. The molecule has 38 heavy (non-hydrogen) atoms. The number of aromatic nitrogens is 6. The fourth-order valence-corrected chi connectivity index (χ4v) is 4.46. The molecule has 6 rings (SSSR count). The van der Waals surface area contributed by atoms with Crippen molar-refractivity contribution in [1.29, 1.82) is 0 Å². The van der Waals surface area contributed by atoms with Crippen LogP contribution >= 0.6 is 0 Å². The van der Waals surface area contributed by atoms with Crippen molar-refractivity contribution in [3.8, 4) is 33.9 Å². The van der Waals surface area contributed by atoms with E-state index >= 15 is 0 Å². The van der Waals surface area contributed by atoms with E-state index in [-0.39, 0.29) is 17.6 Å². The van der Waals surface area contributed by atoms with Crippen molar-refractivity contribution in [2.45, 2.75) is 20.8 Å². The fourth-order valence-electron chi connectivity index (χ4n) is 4.46. The van der Waals surface area contributed by atoms with Crippen molar-refractivity contribution in [2.24, 2.45) is 5.92 Å². The molecule has 188 valence electrons. The molecular formula is C29H24FN7O. The van der Waals surface area contributed by atoms with Crippen LogP contribution in [0.2, 0.25) is 0 Å². The van der Waals surface area contributed by atoms with Gasteiger partial charge in [-0.2, -0.15) is 5.10 Å². The molecule has 9 heteroatoms. The Bertz CT molecular complexity index is 1820. The second-order valence-corrected chi connectivity index (χ2v) is 9.60. The summed E-state index contributed by atoms with van der Waals surface area (Å²) in [5.41, 5.74) is 7.39. The van der Waals surface area contributed by atoms with E-state index < -0.39 is 0 Å². The Hall–Kier alpha value is -4.92. The van der Waals surface area contributed by atoms with E-state index in [9.17, 15) is 9.18 Å². The van der Waals surface area contributed by atoms with Crippen LogP contribution in [0.3, 0.4) is 0 Å². The Kier molecular flexibility index (Phi) is 5.68. The number of aryl methyl sites for hydroxylation is 1. The van der Waals surface area contributed by atoms with Gasteiger partial charge in [0.25, 0.3) is 0 Å². The zero-order chi connectivity index (χ0) is 26.4. The van der Waals surface area contributed by atoms with E-state index in [0.29, 0.717) is 34.0 Å². The molecule has 1 amide bonds. The van der Waals surface area contributed by atoms with E-state index in [1.807, 2.05) is 57.2 Å². The standard InChI is InChI=1S/C29H24FN7O/c1-15(2)29(38)33-21-11-19(13-31-14-21)17-4-5-23-22(12-17)26(37-36-23)28-34-24-6-7-32-25(27(24)35-28)18-8-16(3)9-20(30)10-18/h4-15H,1-3H3,(H,33,38)(H,34,35)(H,36,37). The van der Waals surface area contributed by atoms with Crippen LogP contribution in [0.5, 0.6) is 0 Å². The van der Waals surface area contributed by atoms with Crippen molar-refractivity contribution in [2.75, 3.05) is 5.32 Å². The largest absolute Gasteiger partial charge is 0.336 e. The second-order valence-electron chi connectivity index (χ2n) is 9.60. The maximum atomic E-state index is 14.1. The van der Waals surface area contributed by atoms with Crippen molar-refractivity contribution >= 4 is 33.5 Å². The number of fused-ring (bicyclic) bond motifs is 2. The maximum absolute atomic E-state index is 14.1. The highest BCUT2D eigenvalue weighted by atomic mass is 19.1. The molecule has 0 aliphatic carbocycles. The first kappa shape index (κ1) is 23.5. The number of carbonyl (C=O) groups is 1. The number of nitrogens with one attached hydrogen (secondary N) is 3. The maximum Gasteiger partial charge on any atom is 0.226 e. The quantitative estimate of drug-likeness (QED) is 0.256. The molecular weight excluding hydrogens is 481 g/mol. The number of carbonyl (C=O) groups excluding carboxylic acids is 1. The minimum atomic E-state index is -0.317. The number of anilines is 1. The highest BCUT2D eigenvalue weighted by Crippen LogP contribution is 2.33. The lowest BCUT2D eigenvalue weighted by Crippen LogP contribution is -2.17. The first-order chi connectivity index (χ1) is 18.4. The van der Waals surface area contributed by atoms with Crippen molar-refractivity contribution in [1.82, 2.24) is 30.1 Å². The van der Waals surface area contributed by atoms with Gasteiger partial charge in [0.05, 0.1) is 28.6 Å². The number of halogens is 1. The van der Waals surface area contributed by atoms with E-state index in [0.717, 1.165) is 33.1 Å². The minimum absolute atomic E-state index is 0.0660. The SMILES string of the molecule is Cc1cc(F)cc(-c2nccc3[nH]c(-c4n[nH]c5ccc(-c6cncc(NC(=O)C(C)C)c6)cc45)nc23)c1. The molecule has 0 fully saturated rings. The van der Waals surface area contributed by atoms with E-state index in [1.54, 1.807) is 18.6 Å². The predicted octanol–water partition coefficient (Wildman–Crippen LogP) is 6.27. The summed E-state index contributed by atoms with van der Waals surface area (Å²) < 4.78 is 14.1. The van der Waals surface area contributed by atoms with Crippen molar-refractivity contribution in [3.05, 3.63) is 78.5 Å². The Morgan fingerprint density at radius 1 is 0.947 bits per heavy atom. The second kappa shape index (κ2) is 9.19. The van der Waals surface area contributed by atoms with Gasteiger partial charge in [0.1, 0.15) is 17.0 Å². The molecule has 0 saturated heterocycles. The van der Waals surface area contributed by atoms with Crippen molar-refractivity contribution < 1.29 is 9.18 Å². The van der Waals surface area contributed by atoms with Gasteiger partial charge in [0.15, 0.2) is 5.82 Å². The van der Waals surface area contributed by atoms with E-state index in [1.165, 1.54) is 12.1 Å². The number of amides is 1. The van der Waals surface area contributed by atoms with Gasteiger partial charge in [-0.05, 0) is 60.5 Å². The molecule has 0 bridgehead atoms. The molecule has 0 aliphatic heterocycles. The summed E-state index contributed by atoms with van der Waals surface area (Å²) in [6.07, 6.45) is 5.07. The molecule has 3 N–H and O–H groups in total.